The van der Waals surface area contributed by atoms with E-state index in [-0.39, 0.29) is 17.9 Å². The number of fused-ring (bicyclic) bond motifs is 1. The first kappa shape index (κ1) is 23.8. The van der Waals surface area contributed by atoms with Crippen LogP contribution >= 0.6 is 0 Å². The van der Waals surface area contributed by atoms with Crippen LogP contribution in [0, 0.1) is 5.82 Å². The smallest absolute Gasteiger partial charge is 0.338 e. The normalized spacial score (nSPS) is 10.7. The van der Waals surface area contributed by atoms with Crippen LogP contribution in [-0.2, 0) is 16.1 Å². The van der Waals surface area contributed by atoms with Crippen LogP contribution in [0.1, 0.15) is 15.9 Å². The lowest BCUT2D eigenvalue weighted by molar-refractivity contribution is -0.124. The van der Waals surface area contributed by atoms with Crippen molar-refractivity contribution in [2.24, 2.45) is 0 Å². The molecule has 1 aromatic heterocycles. The zero-order valence-electron chi connectivity index (χ0n) is 19.7. The van der Waals surface area contributed by atoms with Crippen LogP contribution in [0.25, 0.3) is 33.5 Å². The van der Waals surface area contributed by atoms with Crippen LogP contribution in [-0.4, -0.2) is 28.5 Å². The largest absolute Gasteiger partial charge is 0.452 e. The molecule has 0 saturated heterocycles. The molecule has 0 spiro atoms. The Morgan fingerprint density at radius 3 is 1.95 bits per heavy atom. The van der Waals surface area contributed by atoms with Gasteiger partial charge in [0.2, 0.25) is 0 Å². The highest BCUT2D eigenvalue weighted by Gasteiger charge is 2.16. The van der Waals surface area contributed by atoms with Gasteiger partial charge < -0.3 is 10.1 Å². The standard InChI is InChI=1S/C30H22FN3O3/c31-24-14-11-20(12-15-24)18-32-27(35)19-37-30(36)23-13-16-25-26(17-23)34-29(22-9-5-2-6-10-22)28(33-25)21-7-3-1-4-8-21/h1-17H,18-19H2,(H,32,35). The van der Waals surface area contributed by atoms with Crippen LogP contribution < -0.4 is 5.32 Å². The van der Waals surface area contributed by atoms with Crippen molar-refractivity contribution in [1.29, 1.82) is 0 Å². The lowest BCUT2D eigenvalue weighted by atomic mass is 10.0. The Balaban J connectivity index is 1.34. The Hall–Kier alpha value is -4.91. The molecule has 7 heteroatoms. The molecular weight excluding hydrogens is 469 g/mol. The molecule has 182 valence electrons. The van der Waals surface area contributed by atoms with E-state index < -0.39 is 18.5 Å². The maximum atomic E-state index is 13.0. The zero-order valence-corrected chi connectivity index (χ0v) is 19.7. The maximum Gasteiger partial charge on any atom is 0.338 e. The number of hydrogen-bond donors (Lipinski definition) is 1. The van der Waals surface area contributed by atoms with E-state index in [0.29, 0.717) is 16.7 Å². The molecule has 5 aromatic rings. The van der Waals surface area contributed by atoms with E-state index in [1.807, 2.05) is 60.7 Å². The number of benzene rings is 4. The Kier molecular flexibility index (Phi) is 6.94. The summed E-state index contributed by atoms with van der Waals surface area (Å²) in [7, 11) is 0. The predicted octanol–water partition coefficient (Wildman–Crippen LogP) is 5.58. The second-order valence-corrected chi connectivity index (χ2v) is 8.34. The average molecular weight is 492 g/mol. The minimum atomic E-state index is -0.644. The van der Waals surface area contributed by atoms with Gasteiger partial charge in [0, 0.05) is 17.7 Å². The fraction of sp³-hybridized carbons (Fsp3) is 0.0667. The van der Waals surface area contributed by atoms with E-state index in [9.17, 15) is 14.0 Å². The third kappa shape index (κ3) is 5.67. The van der Waals surface area contributed by atoms with Crippen molar-refractivity contribution < 1.29 is 18.7 Å². The number of halogens is 1. The summed E-state index contributed by atoms with van der Waals surface area (Å²) in [6.07, 6.45) is 0. The molecule has 0 atom stereocenters. The van der Waals surface area contributed by atoms with Gasteiger partial charge in [-0.15, -0.1) is 0 Å². The summed E-state index contributed by atoms with van der Waals surface area (Å²) < 4.78 is 18.2. The summed E-state index contributed by atoms with van der Waals surface area (Å²) in [6.45, 7) is -0.236. The van der Waals surface area contributed by atoms with Crippen molar-refractivity contribution in [3.63, 3.8) is 0 Å². The van der Waals surface area contributed by atoms with Gasteiger partial charge in [-0.05, 0) is 35.9 Å². The summed E-state index contributed by atoms with van der Waals surface area (Å²) in [6, 6.07) is 30.3. The predicted molar refractivity (Wildman–Crippen MR) is 139 cm³/mol. The highest BCUT2D eigenvalue weighted by atomic mass is 19.1. The lowest BCUT2D eigenvalue weighted by Crippen LogP contribution is -2.28. The van der Waals surface area contributed by atoms with Crippen molar-refractivity contribution in [2.75, 3.05) is 6.61 Å². The second-order valence-electron chi connectivity index (χ2n) is 8.34. The van der Waals surface area contributed by atoms with E-state index in [4.69, 9.17) is 14.7 Å². The van der Waals surface area contributed by atoms with E-state index >= 15 is 0 Å². The minimum Gasteiger partial charge on any atom is -0.452 e. The van der Waals surface area contributed by atoms with Crippen molar-refractivity contribution >= 4 is 22.9 Å². The molecule has 1 amide bonds. The first-order chi connectivity index (χ1) is 18.1. The molecule has 4 aromatic carbocycles. The number of ether oxygens (including phenoxy) is 1. The van der Waals surface area contributed by atoms with E-state index in [0.717, 1.165) is 22.4 Å². The molecule has 0 radical (unpaired) electrons. The number of carbonyl (C=O) groups is 2. The van der Waals surface area contributed by atoms with Gasteiger partial charge in [0.05, 0.1) is 28.0 Å². The van der Waals surface area contributed by atoms with Crippen LogP contribution in [0.3, 0.4) is 0 Å². The number of nitrogens with one attached hydrogen (secondary N) is 1. The number of amides is 1. The molecule has 1 N–H and O–H groups in total. The molecule has 6 nitrogen and oxygen atoms in total. The lowest BCUT2D eigenvalue weighted by Gasteiger charge is -2.11. The Bertz CT molecular complexity index is 1560. The highest BCUT2D eigenvalue weighted by Crippen LogP contribution is 2.31. The maximum absolute atomic E-state index is 13.0. The van der Waals surface area contributed by atoms with E-state index in [1.54, 1.807) is 30.3 Å². The molecule has 0 saturated carbocycles. The summed E-state index contributed by atoms with van der Waals surface area (Å²) in [5.74, 6) is -1.46. The van der Waals surface area contributed by atoms with Gasteiger partial charge >= 0.3 is 5.97 Å². The van der Waals surface area contributed by atoms with Crippen molar-refractivity contribution in [1.82, 2.24) is 15.3 Å². The van der Waals surface area contributed by atoms with Gasteiger partial charge in [-0.3, -0.25) is 4.79 Å². The Labute approximate surface area is 212 Å². The summed E-state index contributed by atoms with van der Waals surface area (Å²) in [4.78, 5) is 34.5. The average Bonchev–Trinajstić information content (AvgIpc) is 2.95. The Morgan fingerprint density at radius 2 is 1.32 bits per heavy atom. The van der Waals surface area contributed by atoms with Gasteiger partial charge in [-0.1, -0.05) is 72.8 Å². The van der Waals surface area contributed by atoms with E-state index in [1.165, 1.54) is 12.1 Å². The third-order valence-electron chi connectivity index (χ3n) is 5.73. The number of aromatic nitrogens is 2. The third-order valence-corrected chi connectivity index (χ3v) is 5.73. The zero-order chi connectivity index (χ0) is 25.6. The van der Waals surface area contributed by atoms with Gasteiger partial charge in [0.15, 0.2) is 6.61 Å². The van der Waals surface area contributed by atoms with Gasteiger partial charge in [0.1, 0.15) is 5.82 Å². The van der Waals surface area contributed by atoms with Crippen molar-refractivity contribution in [3.05, 3.63) is 120 Å². The van der Waals surface area contributed by atoms with Gasteiger partial charge in [-0.25, -0.2) is 19.2 Å². The summed E-state index contributed by atoms with van der Waals surface area (Å²) in [5.41, 5.74) is 5.45. The number of nitrogens with zero attached hydrogens (tertiary/aromatic N) is 2. The first-order valence-electron chi connectivity index (χ1n) is 11.7. The first-order valence-corrected chi connectivity index (χ1v) is 11.7. The molecule has 5 rings (SSSR count). The second kappa shape index (κ2) is 10.8. The molecule has 0 aliphatic heterocycles. The molecule has 37 heavy (non-hydrogen) atoms. The monoisotopic (exact) mass is 491 g/mol. The highest BCUT2D eigenvalue weighted by molar-refractivity contribution is 5.96. The van der Waals surface area contributed by atoms with Crippen molar-refractivity contribution in [3.8, 4) is 22.5 Å². The fourth-order valence-corrected chi connectivity index (χ4v) is 3.84. The van der Waals surface area contributed by atoms with E-state index in [2.05, 4.69) is 5.32 Å². The molecule has 1 heterocycles. The fourth-order valence-electron chi connectivity index (χ4n) is 3.84. The summed E-state index contributed by atoms with van der Waals surface area (Å²) in [5, 5.41) is 2.64. The minimum absolute atomic E-state index is 0.203. The van der Waals surface area contributed by atoms with Crippen LogP contribution in [0.4, 0.5) is 4.39 Å². The topological polar surface area (TPSA) is 81.2 Å². The molecule has 0 aliphatic carbocycles. The number of rotatable bonds is 7. The van der Waals surface area contributed by atoms with Crippen LogP contribution in [0.15, 0.2) is 103 Å². The van der Waals surface area contributed by atoms with Crippen LogP contribution in [0.5, 0.6) is 0 Å². The van der Waals surface area contributed by atoms with Crippen LogP contribution in [0.2, 0.25) is 0 Å². The van der Waals surface area contributed by atoms with Gasteiger partial charge in [-0.2, -0.15) is 0 Å². The quantitative estimate of drug-likeness (QED) is 0.301. The number of hydrogen-bond acceptors (Lipinski definition) is 5. The molecule has 0 aliphatic rings. The SMILES string of the molecule is O=C(COC(=O)c1ccc2nc(-c3ccccc3)c(-c3ccccc3)nc2c1)NCc1ccc(F)cc1. The molecular formula is C30H22FN3O3. The Morgan fingerprint density at radius 1 is 0.730 bits per heavy atom. The number of carbonyl (C=O) groups excluding carboxylic acids is 2. The number of esters is 1. The molecule has 0 bridgehead atoms. The molecule has 0 fully saturated rings. The van der Waals surface area contributed by atoms with Crippen molar-refractivity contribution in [2.45, 2.75) is 6.54 Å². The molecule has 0 unspecified atom stereocenters. The van der Waals surface area contributed by atoms with Gasteiger partial charge in [0.25, 0.3) is 5.91 Å². The summed E-state index contributed by atoms with van der Waals surface area (Å²) >= 11 is 0.